The van der Waals surface area contributed by atoms with E-state index in [4.69, 9.17) is 4.74 Å². The second-order valence-corrected chi connectivity index (χ2v) is 7.55. The van der Waals surface area contributed by atoms with Crippen molar-refractivity contribution in [1.82, 2.24) is 15.6 Å². The number of esters is 1. The highest BCUT2D eigenvalue weighted by Crippen LogP contribution is 2.14. The quantitative estimate of drug-likeness (QED) is 0.392. The normalized spacial score (nSPS) is 16.3. The number of allylic oxidation sites excluding steroid dienone is 1. The van der Waals surface area contributed by atoms with Crippen molar-refractivity contribution in [3.05, 3.63) is 85.2 Å². The molecule has 3 N–H and O–H groups in total. The zero-order chi connectivity index (χ0) is 25.3. The van der Waals surface area contributed by atoms with Crippen molar-refractivity contribution in [2.45, 2.75) is 44.7 Å². The minimum absolute atomic E-state index is 0. The van der Waals surface area contributed by atoms with Gasteiger partial charge in [-0.3, -0.25) is 9.59 Å². The first kappa shape index (κ1) is 28.6. The molecule has 2 heterocycles. The number of fused-ring (bicyclic) bond motifs is 1. The number of hydrogen-bond donors (Lipinski definition) is 3. The van der Waals surface area contributed by atoms with E-state index in [-0.39, 0.29) is 32.8 Å². The number of amides is 1. The summed E-state index contributed by atoms with van der Waals surface area (Å²) in [6.07, 6.45) is 8.49. The number of rotatable bonds is 8. The molecule has 0 bridgehead atoms. The van der Waals surface area contributed by atoms with Gasteiger partial charge in [0.2, 0.25) is 5.91 Å². The van der Waals surface area contributed by atoms with Crippen LogP contribution >= 0.6 is 0 Å². The summed E-state index contributed by atoms with van der Waals surface area (Å²) < 4.78 is 5.07. The molecule has 1 fully saturated rings. The van der Waals surface area contributed by atoms with Crippen LogP contribution in [-0.4, -0.2) is 42.1 Å². The molecule has 1 aromatic carbocycles. The minimum atomic E-state index is -0.711. The molecule has 7 heteroatoms. The van der Waals surface area contributed by atoms with Gasteiger partial charge in [0.25, 0.3) is 0 Å². The van der Waals surface area contributed by atoms with Gasteiger partial charge in [0, 0.05) is 31.9 Å². The molecular formula is C27H41N3O4. The number of piperidine rings is 1. The third-order valence-corrected chi connectivity index (χ3v) is 5.30. The van der Waals surface area contributed by atoms with Crippen LogP contribution in [0.5, 0.6) is 0 Å². The lowest BCUT2D eigenvalue weighted by Gasteiger charge is -2.27. The van der Waals surface area contributed by atoms with Gasteiger partial charge >= 0.3 is 5.97 Å². The topological polar surface area (TPSA) is 100 Å². The summed E-state index contributed by atoms with van der Waals surface area (Å²) in [6, 6.07) is 8.05. The summed E-state index contributed by atoms with van der Waals surface area (Å²) in [5.74, 6) is -0.786. The molecule has 34 heavy (non-hydrogen) atoms. The molecule has 1 aliphatic heterocycles. The van der Waals surface area contributed by atoms with Crippen LogP contribution in [-0.2, 0) is 14.3 Å². The molecule has 3 atom stereocenters. The van der Waals surface area contributed by atoms with Crippen LogP contribution in [0.3, 0.4) is 0 Å². The van der Waals surface area contributed by atoms with E-state index in [1.807, 2.05) is 24.3 Å². The van der Waals surface area contributed by atoms with Gasteiger partial charge in [-0.05, 0) is 44.9 Å². The number of benzene rings is 1. The number of nitrogens with one attached hydrogen (secondary N) is 3. The Hall–Kier alpha value is -3.45. The smallest absolute Gasteiger partial charge is 0.329 e. The van der Waals surface area contributed by atoms with Gasteiger partial charge in [0.05, 0.1) is 12.6 Å². The Morgan fingerprint density at radius 1 is 1.24 bits per heavy atom. The Balaban J connectivity index is 0. The summed E-state index contributed by atoms with van der Waals surface area (Å²) >= 11 is 0. The number of carbonyl (C=O) groups excluding carboxylic acids is 2. The van der Waals surface area contributed by atoms with Crippen LogP contribution in [0.25, 0.3) is 10.9 Å². The van der Waals surface area contributed by atoms with E-state index >= 15 is 0 Å². The van der Waals surface area contributed by atoms with Gasteiger partial charge < -0.3 is 20.4 Å². The zero-order valence-electron chi connectivity index (χ0n) is 20.1. The summed E-state index contributed by atoms with van der Waals surface area (Å²) in [5, 5.41) is 6.73. The number of aromatic nitrogens is 1. The van der Waals surface area contributed by atoms with Crippen molar-refractivity contribution in [1.29, 1.82) is 0 Å². The molecule has 0 radical (unpaired) electrons. The van der Waals surface area contributed by atoms with Crippen molar-refractivity contribution in [3.8, 4) is 0 Å². The van der Waals surface area contributed by atoms with E-state index < -0.39 is 12.0 Å². The summed E-state index contributed by atoms with van der Waals surface area (Å²) in [6.45, 7) is 16.3. The molecule has 0 unspecified atom stereocenters. The lowest BCUT2D eigenvalue weighted by atomic mass is 9.95. The minimum Gasteiger partial charge on any atom is -0.464 e. The fourth-order valence-corrected chi connectivity index (χ4v) is 3.58. The summed E-state index contributed by atoms with van der Waals surface area (Å²) in [5.41, 5.74) is 0.958. The molecule has 2 aromatic rings. The molecule has 188 valence electrons. The first-order valence-electron chi connectivity index (χ1n) is 11.5. The van der Waals surface area contributed by atoms with Crippen LogP contribution in [0.2, 0.25) is 0 Å². The van der Waals surface area contributed by atoms with Gasteiger partial charge in [-0.25, -0.2) is 4.79 Å². The molecule has 1 aromatic heterocycles. The fraction of sp³-hybridized carbons (Fsp3) is 0.370. The Labute approximate surface area is 205 Å². The number of aromatic amines is 1. The maximum absolute atomic E-state index is 12.3. The molecule has 3 rings (SSSR count). The van der Waals surface area contributed by atoms with E-state index in [0.29, 0.717) is 6.42 Å². The third-order valence-electron chi connectivity index (χ3n) is 5.30. The van der Waals surface area contributed by atoms with E-state index in [0.717, 1.165) is 36.7 Å². The van der Waals surface area contributed by atoms with Crippen molar-refractivity contribution in [2.24, 2.45) is 5.92 Å². The largest absolute Gasteiger partial charge is 0.464 e. The third kappa shape index (κ3) is 8.83. The molecule has 0 saturated carbocycles. The Bertz CT molecular complexity index is 985. The molecule has 1 saturated heterocycles. The van der Waals surface area contributed by atoms with Crippen LogP contribution < -0.4 is 16.1 Å². The molecule has 7 nitrogen and oxygen atoms in total. The van der Waals surface area contributed by atoms with Gasteiger partial charge in [-0.1, -0.05) is 30.7 Å². The number of pyridine rings is 1. The second-order valence-electron chi connectivity index (χ2n) is 7.55. The predicted molar refractivity (Wildman–Crippen MR) is 143 cm³/mol. The Kier molecular flexibility index (Phi) is 13.6. The standard InChI is InChI=1S/C16H26N2O3.C9H7NO.C2H4.2H2/c1-4-9-12(5-2)14(16(20)21-6-3)18-15(19)13-10-7-8-11-17-13;11-9-5-6-10-8-4-2-1-3-7(8)9;1-2;;/h4-5,12-14,17H,1-2,6-11H2,3H3,(H,18,19);1-6H,(H,10,11);1-2H2;2*1H/t12-,13-,14+;;;;/m0..../s1. The highest BCUT2D eigenvalue weighted by atomic mass is 16.5. The molecule has 1 aliphatic rings. The zero-order valence-corrected chi connectivity index (χ0v) is 20.1. The van der Waals surface area contributed by atoms with Crippen LogP contribution in [0, 0.1) is 5.92 Å². The average Bonchev–Trinajstić information content (AvgIpc) is 2.88. The summed E-state index contributed by atoms with van der Waals surface area (Å²) in [7, 11) is 0. The van der Waals surface area contributed by atoms with Crippen molar-refractivity contribution in [2.75, 3.05) is 13.2 Å². The van der Waals surface area contributed by atoms with Gasteiger partial charge in [0.1, 0.15) is 6.04 Å². The average molecular weight is 472 g/mol. The van der Waals surface area contributed by atoms with Crippen LogP contribution in [0.4, 0.5) is 0 Å². The highest BCUT2D eigenvalue weighted by molar-refractivity contribution is 5.88. The fourth-order valence-electron chi connectivity index (χ4n) is 3.58. The lowest BCUT2D eigenvalue weighted by Crippen LogP contribution is -2.53. The van der Waals surface area contributed by atoms with E-state index in [2.05, 4.69) is 41.9 Å². The van der Waals surface area contributed by atoms with Gasteiger partial charge in [-0.2, -0.15) is 0 Å². The number of ether oxygens (including phenoxy) is 1. The Morgan fingerprint density at radius 2 is 1.97 bits per heavy atom. The number of para-hydroxylation sites is 1. The van der Waals surface area contributed by atoms with E-state index in [9.17, 15) is 14.4 Å². The van der Waals surface area contributed by atoms with E-state index in [1.165, 1.54) is 6.07 Å². The number of H-pyrrole nitrogens is 1. The Morgan fingerprint density at radius 3 is 2.56 bits per heavy atom. The van der Waals surface area contributed by atoms with Crippen LogP contribution in [0.1, 0.15) is 35.5 Å². The number of hydrogen-bond acceptors (Lipinski definition) is 5. The lowest BCUT2D eigenvalue weighted by molar-refractivity contribution is -0.148. The van der Waals surface area contributed by atoms with Crippen molar-refractivity contribution >= 4 is 22.8 Å². The molecular weight excluding hydrogens is 430 g/mol. The SMILES string of the molecule is C=C.C=CC[C@H](C=C)[C@@H](NC(=O)[C@@H]1CCCCN1)C(=O)OCC.O=c1cc[nH]c2ccccc12.[HH].[HH]. The van der Waals surface area contributed by atoms with Gasteiger partial charge in [-0.15, -0.1) is 26.3 Å². The maximum Gasteiger partial charge on any atom is 0.329 e. The summed E-state index contributed by atoms with van der Waals surface area (Å²) in [4.78, 5) is 38.5. The monoisotopic (exact) mass is 471 g/mol. The number of carbonyl (C=O) groups is 2. The first-order chi connectivity index (χ1) is 16.5. The second kappa shape index (κ2) is 16.2. The molecule has 1 amide bonds. The van der Waals surface area contributed by atoms with Gasteiger partial charge in [0.15, 0.2) is 5.43 Å². The van der Waals surface area contributed by atoms with Crippen molar-refractivity contribution in [3.63, 3.8) is 0 Å². The highest BCUT2D eigenvalue weighted by Gasteiger charge is 2.31. The van der Waals surface area contributed by atoms with E-state index in [1.54, 1.807) is 25.3 Å². The predicted octanol–water partition coefficient (Wildman–Crippen LogP) is 4.38. The molecule has 0 aliphatic carbocycles. The van der Waals surface area contributed by atoms with Crippen molar-refractivity contribution < 1.29 is 17.2 Å². The van der Waals surface area contributed by atoms with Crippen LogP contribution in [0.15, 0.2) is 79.8 Å². The first-order valence-corrected chi connectivity index (χ1v) is 11.5. The molecule has 0 spiro atoms. The maximum atomic E-state index is 12.3.